The molecule has 3 aliphatic rings. The minimum Gasteiger partial charge on any atom is -0.378 e. The lowest BCUT2D eigenvalue weighted by molar-refractivity contribution is 0.434. The molecule has 0 bridgehead atoms. The number of H-pyrrole nitrogens is 1. The van der Waals surface area contributed by atoms with Crippen molar-refractivity contribution >= 4 is 148 Å². The summed E-state index contributed by atoms with van der Waals surface area (Å²) in [5.41, 5.74) is 9.93. The van der Waals surface area contributed by atoms with Crippen molar-refractivity contribution in [2.24, 2.45) is 11.8 Å². The Hall–Kier alpha value is 0.165. The predicted molar refractivity (Wildman–Crippen MR) is 229 cm³/mol. The minimum absolute atomic E-state index is 0.129. The molecule has 2 N–H and O–H groups in total. The molecule has 2 heterocycles. The third-order valence-corrected chi connectivity index (χ3v) is 16.5. The average Bonchev–Trinajstić information content (AvgIpc) is 3.27. The van der Waals surface area contributed by atoms with E-state index in [2.05, 4.69) is 139 Å². The van der Waals surface area contributed by atoms with Gasteiger partial charge in [-0.25, -0.2) is 0 Å². The molecule has 2 aromatic rings. The fourth-order valence-corrected chi connectivity index (χ4v) is 11.1. The highest BCUT2D eigenvalue weighted by molar-refractivity contribution is 14.1. The molecule has 0 fully saturated rings. The van der Waals surface area contributed by atoms with Crippen molar-refractivity contribution in [1.82, 2.24) is 10.3 Å². The number of allylic oxidation sites excluding steroid dienone is 10. The molecule has 0 amide bonds. The van der Waals surface area contributed by atoms with Crippen molar-refractivity contribution in [2.45, 2.75) is 49.9 Å². The largest absolute Gasteiger partial charge is 0.378 e. The second-order valence-corrected chi connectivity index (χ2v) is 17.3. The molecule has 47 heavy (non-hydrogen) atoms. The first-order valence-electron chi connectivity index (χ1n) is 15.2. The summed E-state index contributed by atoms with van der Waals surface area (Å²) in [5.74, 6) is -0.277. The second kappa shape index (κ2) is 16.2. The number of benzene rings is 1. The maximum atomic E-state index is 7.19. The quantitative estimate of drug-likeness (QED) is 0.0677. The van der Waals surface area contributed by atoms with Crippen molar-refractivity contribution in [1.29, 1.82) is 0 Å². The van der Waals surface area contributed by atoms with E-state index in [0.717, 1.165) is 66.3 Å². The Labute approximate surface area is 342 Å². The summed E-state index contributed by atoms with van der Waals surface area (Å²) in [7, 11) is 2.18. The molecule has 0 spiro atoms. The van der Waals surface area contributed by atoms with E-state index in [1.54, 1.807) is 0 Å². The van der Waals surface area contributed by atoms with E-state index >= 15 is 0 Å². The molecule has 1 aliphatic heterocycles. The lowest BCUT2D eigenvalue weighted by Crippen LogP contribution is -2.41. The maximum Gasteiger partial charge on any atom is 0.140 e. The molecular weight excluding hydrogens is 1000 g/mol. The van der Waals surface area contributed by atoms with Crippen LogP contribution in [0.2, 0.25) is 25.1 Å². The SMILES string of the molecule is BC(/C(Br)=C(/Br)C(Br)CC)=C(/CI)[C@H]1C2=C(NC(/C=C\C=C)CC2C)c2c([nH]c3c2C=CC=CC3)C1c1c(Cl)c(Cl)c(Cl)c(Cl)c1Cl. The van der Waals surface area contributed by atoms with E-state index in [-0.39, 0.29) is 43.7 Å². The summed E-state index contributed by atoms with van der Waals surface area (Å²) in [6.45, 7) is 8.38. The first-order chi connectivity index (χ1) is 22.4. The summed E-state index contributed by atoms with van der Waals surface area (Å²) in [6.07, 6.45) is 17.2. The molecule has 2 aliphatic carbocycles. The van der Waals surface area contributed by atoms with E-state index in [0.29, 0.717) is 15.6 Å². The molecule has 5 rings (SSSR count). The van der Waals surface area contributed by atoms with Crippen LogP contribution in [0.3, 0.4) is 0 Å². The minimum atomic E-state index is -0.338. The van der Waals surface area contributed by atoms with Gasteiger partial charge in [0.15, 0.2) is 0 Å². The van der Waals surface area contributed by atoms with Gasteiger partial charge in [0.2, 0.25) is 0 Å². The number of halogens is 9. The molecule has 0 saturated heterocycles. The Morgan fingerprint density at radius 3 is 2.38 bits per heavy atom. The number of hydrogen-bond donors (Lipinski definition) is 2. The topological polar surface area (TPSA) is 27.8 Å². The van der Waals surface area contributed by atoms with Gasteiger partial charge in [0.05, 0.1) is 25.1 Å². The fraction of sp³-hybridized carbons (Fsp3) is 0.314. The van der Waals surface area contributed by atoms with Crippen LogP contribution in [-0.4, -0.2) is 28.1 Å². The van der Waals surface area contributed by atoms with Gasteiger partial charge in [-0.3, -0.25) is 0 Å². The van der Waals surface area contributed by atoms with Crippen molar-refractivity contribution in [3.63, 3.8) is 0 Å². The molecule has 2 nitrogen and oxygen atoms in total. The number of nitrogens with one attached hydrogen (secondary N) is 2. The molecule has 0 saturated carbocycles. The fourth-order valence-electron chi connectivity index (χ4n) is 6.95. The summed E-state index contributed by atoms with van der Waals surface area (Å²) in [5, 5.41) is 5.13. The third-order valence-electron chi connectivity index (χ3n) is 9.18. The highest BCUT2D eigenvalue weighted by atomic mass is 127. The van der Waals surface area contributed by atoms with Crippen LogP contribution in [0.4, 0.5) is 0 Å². The van der Waals surface area contributed by atoms with Crippen LogP contribution < -0.4 is 5.32 Å². The van der Waals surface area contributed by atoms with Crippen molar-refractivity contribution in [3.8, 4) is 0 Å². The second-order valence-electron chi connectivity index (χ2n) is 11.9. The summed E-state index contributed by atoms with van der Waals surface area (Å²) < 4.78 is 2.83. The number of hydrogen-bond acceptors (Lipinski definition) is 1. The predicted octanol–water partition coefficient (Wildman–Crippen LogP) is 13.1. The van der Waals surface area contributed by atoms with Crippen molar-refractivity contribution < 1.29 is 0 Å². The van der Waals surface area contributed by atoms with E-state index in [1.165, 1.54) is 11.1 Å². The lowest BCUT2D eigenvalue weighted by Gasteiger charge is -2.45. The lowest BCUT2D eigenvalue weighted by atomic mass is 9.63. The number of fused-ring (bicyclic) bond motifs is 4. The molecule has 1 aromatic carbocycles. The first kappa shape index (κ1) is 38.4. The molecular formula is C35H32BBr3Cl5IN2. The third kappa shape index (κ3) is 7.16. The molecule has 0 radical (unpaired) electrons. The van der Waals surface area contributed by atoms with Crippen molar-refractivity contribution in [2.75, 3.05) is 4.43 Å². The molecule has 1 aromatic heterocycles. The van der Waals surface area contributed by atoms with E-state index in [1.807, 2.05) is 12.2 Å². The van der Waals surface area contributed by atoms with Gasteiger partial charge in [-0.15, -0.1) is 0 Å². The first-order valence-corrected chi connectivity index (χ1v) is 21.2. The standard InChI is InChI=1S/C35H32BBr3Cl5IN2/c1-4-6-10-16-13-15(3)21-22(18(14-45)26(36)28(39)27(38)19(37)5-2)24(25-29(40)31(42)33(44)32(43)30(25)41)35-23(34(21)46-16)17-11-8-7-9-12-20(17)47-35/h4,6-11,15-16,19,22,24,46-47H,1,5,12-14,36H2,2-3H3/b10-6-,26-18-,28-27-/t15?,16?,19?,22-,24?/m0/s1. The Morgan fingerprint density at radius 1 is 1.11 bits per heavy atom. The van der Waals surface area contributed by atoms with E-state index in [9.17, 15) is 0 Å². The number of aromatic nitrogens is 1. The van der Waals surface area contributed by atoms with Gasteiger partial charge in [-0.2, -0.15) is 0 Å². The van der Waals surface area contributed by atoms with Crippen LogP contribution in [-0.2, 0) is 6.42 Å². The summed E-state index contributed by atoms with van der Waals surface area (Å²) >= 11 is 48.7. The molecule has 12 heteroatoms. The van der Waals surface area contributed by atoms with Gasteiger partial charge in [-0.1, -0.05) is 202 Å². The van der Waals surface area contributed by atoms with Crippen LogP contribution in [0.1, 0.15) is 60.7 Å². The zero-order chi connectivity index (χ0) is 34.3. The monoisotopic (exact) mass is 1030 g/mol. The zero-order valence-electron chi connectivity index (χ0n) is 25.9. The normalized spacial score (nSPS) is 23.8. The highest BCUT2D eigenvalue weighted by Crippen LogP contribution is 2.59. The zero-order valence-corrected chi connectivity index (χ0v) is 36.6. The maximum absolute atomic E-state index is 7.19. The van der Waals surface area contributed by atoms with Crippen LogP contribution in [0.5, 0.6) is 0 Å². The molecule has 5 atom stereocenters. The Morgan fingerprint density at radius 2 is 1.77 bits per heavy atom. The van der Waals surface area contributed by atoms with Crippen LogP contribution in [0.25, 0.3) is 11.8 Å². The van der Waals surface area contributed by atoms with Crippen LogP contribution in [0, 0.1) is 11.8 Å². The average molecular weight is 1040 g/mol. The van der Waals surface area contributed by atoms with Gasteiger partial charge in [-0.05, 0) is 24.3 Å². The Bertz CT molecular complexity index is 1780. The smallest absolute Gasteiger partial charge is 0.140 e. The summed E-state index contributed by atoms with van der Waals surface area (Å²) in [6, 6.07) is 0.129. The number of alkyl halides is 2. The van der Waals surface area contributed by atoms with Gasteiger partial charge < -0.3 is 10.3 Å². The Balaban J connectivity index is 1.95. The van der Waals surface area contributed by atoms with Gasteiger partial charge in [0.1, 0.15) is 7.85 Å². The van der Waals surface area contributed by atoms with Gasteiger partial charge in [0.25, 0.3) is 0 Å². The van der Waals surface area contributed by atoms with Gasteiger partial charge in [0, 0.05) is 76.3 Å². The van der Waals surface area contributed by atoms with Gasteiger partial charge >= 0.3 is 0 Å². The Kier molecular flexibility index (Phi) is 13.3. The van der Waals surface area contributed by atoms with E-state index < -0.39 is 0 Å². The highest BCUT2D eigenvalue weighted by Gasteiger charge is 2.47. The van der Waals surface area contributed by atoms with Crippen LogP contribution in [0.15, 0.2) is 68.6 Å². The van der Waals surface area contributed by atoms with E-state index in [4.69, 9.17) is 58.0 Å². The van der Waals surface area contributed by atoms with Crippen molar-refractivity contribution in [3.05, 3.63) is 122 Å². The summed E-state index contributed by atoms with van der Waals surface area (Å²) in [4.78, 5) is 4.03. The van der Waals surface area contributed by atoms with Crippen LogP contribution >= 0.6 is 128 Å². The molecule has 248 valence electrons. The molecule has 4 unspecified atom stereocenters. The number of aromatic amines is 1. The number of rotatable bonds is 8.